The molecule has 3 heteroatoms. The van der Waals surface area contributed by atoms with Gasteiger partial charge in [0.2, 0.25) is 0 Å². The summed E-state index contributed by atoms with van der Waals surface area (Å²) >= 11 is 0. The number of anilines is 1. The molecule has 0 aliphatic heterocycles. The number of hydrazine groups is 1. The number of hydrogen-bond donors (Lipinski definition) is 1. The van der Waals surface area contributed by atoms with Gasteiger partial charge in [0.15, 0.2) is 0 Å². The van der Waals surface area contributed by atoms with E-state index >= 15 is 0 Å². The summed E-state index contributed by atoms with van der Waals surface area (Å²) < 4.78 is 0. The molecule has 0 amide bonds. The molecule has 0 saturated carbocycles. The number of rotatable bonds is 3. The third-order valence-electron chi connectivity index (χ3n) is 2.62. The minimum atomic E-state index is -0.122. The Labute approximate surface area is 101 Å². The van der Waals surface area contributed by atoms with Gasteiger partial charge in [0.1, 0.15) is 5.94 Å². The molecule has 17 heavy (non-hydrogen) atoms. The van der Waals surface area contributed by atoms with Crippen molar-refractivity contribution in [3.63, 3.8) is 0 Å². The molecular weight excluding hydrogens is 212 g/mol. The predicted molar refractivity (Wildman–Crippen MR) is 69.3 cm³/mol. The van der Waals surface area contributed by atoms with Crippen LogP contribution >= 0.6 is 0 Å². The molecule has 0 bridgehead atoms. The molecule has 0 aromatic heterocycles. The van der Waals surface area contributed by atoms with E-state index in [0.717, 1.165) is 5.69 Å². The lowest BCUT2D eigenvalue weighted by atomic mass is 10.0. The van der Waals surface area contributed by atoms with Gasteiger partial charge in [0, 0.05) is 7.05 Å². The fraction of sp³-hybridized carbons (Fsp3) is 0.143. The summed E-state index contributed by atoms with van der Waals surface area (Å²) in [5, 5.41) is 1.89. The molecule has 0 fully saturated rings. The third-order valence-corrected chi connectivity index (χ3v) is 2.62. The Bertz CT molecular complexity index is 484. The van der Waals surface area contributed by atoms with Gasteiger partial charge in [0.25, 0.3) is 0 Å². The fourth-order valence-corrected chi connectivity index (χ4v) is 1.69. The Kier molecular flexibility index (Phi) is 3.55. The van der Waals surface area contributed by atoms with E-state index in [1.165, 1.54) is 0 Å². The first-order chi connectivity index (χ1) is 8.31. The summed E-state index contributed by atoms with van der Waals surface area (Å²) in [6.45, 7) is 0. The van der Waals surface area contributed by atoms with Gasteiger partial charge >= 0.3 is 0 Å². The smallest absolute Gasteiger partial charge is 0.130 e. The van der Waals surface area contributed by atoms with E-state index in [4.69, 9.17) is 0 Å². The van der Waals surface area contributed by atoms with Gasteiger partial charge in [-0.3, -0.25) is 0 Å². The van der Waals surface area contributed by atoms with Crippen LogP contribution in [0, 0.1) is 0 Å². The topological polar surface area (TPSA) is 32.3 Å². The van der Waals surface area contributed by atoms with Crippen LogP contribution in [0.15, 0.2) is 60.2 Å². The van der Waals surface area contributed by atoms with Crippen molar-refractivity contribution in [3.05, 3.63) is 60.2 Å². The Hall–Kier alpha value is -2.09. The second-order valence-electron chi connectivity index (χ2n) is 3.80. The second-order valence-corrected chi connectivity index (χ2v) is 3.80. The molecule has 2 rings (SSSR count). The van der Waals surface area contributed by atoms with Crippen molar-refractivity contribution in [3.8, 4) is 0 Å². The lowest BCUT2D eigenvalue weighted by Crippen LogP contribution is -2.42. The van der Waals surface area contributed by atoms with Crippen LogP contribution in [0.1, 0.15) is 0 Å². The van der Waals surface area contributed by atoms with Crippen molar-refractivity contribution in [2.45, 2.75) is 6.04 Å². The Morgan fingerprint density at radius 2 is 2.00 bits per heavy atom. The highest BCUT2D eigenvalue weighted by Gasteiger charge is 2.14. The van der Waals surface area contributed by atoms with Crippen LogP contribution in [0.25, 0.3) is 0 Å². The van der Waals surface area contributed by atoms with Crippen molar-refractivity contribution in [1.82, 2.24) is 5.43 Å². The molecule has 0 spiro atoms. The standard InChI is InChI=1S/C14H14N2O/c1-16(13-8-3-2-4-9-13)15-14-10-6-5-7-12(14)11-17/h2-10,14-15H,1H3. The normalized spacial score (nSPS) is 17.9. The zero-order valence-electron chi connectivity index (χ0n) is 9.63. The third kappa shape index (κ3) is 2.72. The quantitative estimate of drug-likeness (QED) is 0.631. The number of carbonyl (C=O) groups excluding carboxylic acids is 1. The number of nitrogens with one attached hydrogen (secondary N) is 1. The van der Waals surface area contributed by atoms with E-state index in [1.807, 2.05) is 66.6 Å². The van der Waals surface area contributed by atoms with Crippen LogP contribution in [0.5, 0.6) is 0 Å². The predicted octanol–water partition coefficient (Wildman–Crippen LogP) is 1.88. The summed E-state index contributed by atoms with van der Waals surface area (Å²) in [5.41, 5.74) is 4.88. The lowest BCUT2D eigenvalue weighted by Gasteiger charge is -2.26. The second kappa shape index (κ2) is 5.30. The summed E-state index contributed by atoms with van der Waals surface area (Å²) in [6, 6.07) is 9.79. The van der Waals surface area contributed by atoms with Crippen molar-refractivity contribution in [2.24, 2.45) is 0 Å². The number of nitrogens with zero attached hydrogens (tertiary/aromatic N) is 1. The number of para-hydroxylation sites is 1. The molecule has 86 valence electrons. The van der Waals surface area contributed by atoms with E-state index in [2.05, 4.69) is 5.43 Å². The van der Waals surface area contributed by atoms with Gasteiger partial charge in [-0.1, -0.05) is 36.4 Å². The van der Waals surface area contributed by atoms with Crippen LogP contribution in [0.3, 0.4) is 0 Å². The van der Waals surface area contributed by atoms with E-state index in [-0.39, 0.29) is 6.04 Å². The summed E-state index contributed by atoms with van der Waals surface area (Å²) in [5.74, 6) is 1.95. The number of hydrogen-bond acceptors (Lipinski definition) is 3. The van der Waals surface area contributed by atoms with Crippen LogP contribution in [-0.4, -0.2) is 19.0 Å². The van der Waals surface area contributed by atoms with Gasteiger partial charge in [-0.25, -0.2) is 10.2 Å². The van der Waals surface area contributed by atoms with Crippen molar-refractivity contribution in [2.75, 3.05) is 12.1 Å². The summed E-state index contributed by atoms with van der Waals surface area (Å²) in [7, 11) is 1.92. The molecule has 3 nitrogen and oxygen atoms in total. The highest BCUT2D eigenvalue weighted by atomic mass is 16.1. The average molecular weight is 226 g/mol. The molecule has 0 radical (unpaired) electrons. The zero-order valence-corrected chi connectivity index (χ0v) is 9.63. The van der Waals surface area contributed by atoms with Crippen LogP contribution in [-0.2, 0) is 4.79 Å². The SMILES string of the molecule is CN(NC1C=CC=CC1=C=O)c1ccccc1. The van der Waals surface area contributed by atoms with Crippen LogP contribution < -0.4 is 10.4 Å². The van der Waals surface area contributed by atoms with Crippen molar-refractivity contribution >= 4 is 11.6 Å². The molecule has 0 saturated heterocycles. The lowest BCUT2D eigenvalue weighted by molar-refractivity contribution is 0.563. The van der Waals surface area contributed by atoms with Crippen LogP contribution in [0.2, 0.25) is 0 Å². The van der Waals surface area contributed by atoms with E-state index < -0.39 is 0 Å². The molecule has 1 unspecified atom stereocenters. The maximum Gasteiger partial charge on any atom is 0.130 e. The molecule has 1 aliphatic rings. The molecule has 1 aromatic rings. The number of benzene rings is 1. The largest absolute Gasteiger partial charge is 0.311 e. The minimum absolute atomic E-state index is 0.122. The van der Waals surface area contributed by atoms with Gasteiger partial charge < -0.3 is 5.01 Å². The Morgan fingerprint density at radius 3 is 2.71 bits per heavy atom. The average Bonchev–Trinajstić information content (AvgIpc) is 2.40. The van der Waals surface area contributed by atoms with Crippen molar-refractivity contribution in [1.29, 1.82) is 0 Å². The van der Waals surface area contributed by atoms with Gasteiger partial charge in [-0.15, -0.1) is 0 Å². The highest BCUT2D eigenvalue weighted by molar-refractivity contribution is 5.62. The fourth-order valence-electron chi connectivity index (χ4n) is 1.69. The molecular formula is C14H14N2O. The van der Waals surface area contributed by atoms with E-state index in [0.29, 0.717) is 5.57 Å². The van der Waals surface area contributed by atoms with Gasteiger partial charge in [0.05, 0.1) is 17.3 Å². The highest BCUT2D eigenvalue weighted by Crippen LogP contribution is 2.13. The molecule has 1 aromatic carbocycles. The van der Waals surface area contributed by atoms with Crippen LogP contribution in [0.4, 0.5) is 5.69 Å². The molecule has 1 aliphatic carbocycles. The Morgan fingerprint density at radius 1 is 1.24 bits per heavy atom. The monoisotopic (exact) mass is 226 g/mol. The maximum absolute atomic E-state index is 10.8. The Balaban J connectivity index is 2.09. The molecule has 0 heterocycles. The van der Waals surface area contributed by atoms with Crippen molar-refractivity contribution < 1.29 is 4.79 Å². The zero-order chi connectivity index (χ0) is 12.1. The van der Waals surface area contributed by atoms with Gasteiger partial charge in [-0.05, 0) is 18.2 Å². The maximum atomic E-state index is 10.8. The first kappa shape index (κ1) is 11.4. The molecule has 1 atom stereocenters. The minimum Gasteiger partial charge on any atom is -0.311 e. The molecule has 1 N–H and O–H groups in total. The summed E-state index contributed by atoms with van der Waals surface area (Å²) in [6.07, 6.45) is 7.45. The first-order valence-electron chi connectivity index (χ1n) is 5.46. The van der Waals surface area contributed by atoms with E-state index in [1.54, 1.807) is 6.08 Å². The van der Waals surface area contributed by atoms with Gasteiger partial charge in [-0.2, -0.15) is 0 Å². The summed E-state index contributed by atoms with van der Waals surface area (Å²) in [4.78, 5) is 10.8. The first-order valence-corrected chi connectivity index (χ1v) is 5.46. The van der Waals surface area contributed by atoms with E-state index in [9.17, 15) is 4.79 Å². The number of allylic oxidation sites excluding steroid dienone is 2.